The Hall–Kier alpha value is -2.93. The van der Waals surface area contributed by atoms with Gasteiger partial charge in [0.1, 0.15) is 22.8 Å². The zero-order chi connectivity index (χ0) is 28.4. The first-order valence-electron chi connectivity index (χ1n) is 14.4. The van der Waals surface area contributed by atoms with Crippen molar-refractivity contribution in [2.75, 3.05) is 0 Å². The fourth-order valence-electron chi connectivity index (χ4n) is 7.95. The number of aliphatic hydroxyl groups is 3. The lowest BCUT2D eigenvalue weighted by Crippen LogP contribution is -2.60. The van der Waals surface area contributed by atoms with Crippen LogP contribution in [0.4, 0.5) is 0 Å². The highest BCUT2D eigenvalue weighted by Crippen LogP contribution is 2.55. The van der Waals surface area contributed by atoms with E-state index in [0.29, 0.717) is 24.3 Å². The van der Waals surface area contributed by atoms with Gasteiger partial charge in [-0.2, -0.15) is 0 Å². The summed E-state index contributed by atoms with van der Waals surface area (Å²) in [7, 11) is 0. The molecule has 0 bridgehead atoms. The number of allylic oxidation sites excluding steroid dienone is 2. The second-order valence-electron chi connectivity index (χ2n) is 12.6. The molecule has 4 atom stereocenters. The van der Waals surface area contributed by atoms with Crippen LogP contribution in [0.5, 0.6) is 5.75 Å². The van der Waals surface area contributed by atoms with Crippen molar-refractivity contribution in [3.63, 3.8) is 0 Å². The molecule has 0 radical (unpaired) electrons. The van der Waals surface area contributed by atoms with Gasteiger partial charge in [0.25, 0.3) is 0 Å². The van der Waals surface area contributed by atoms with Crippen molar-refractivity contribution >= 4 is 17.3 Å². The number of Topliss-reactive ketones (excluding diaryl/α,β-unsaturated/α-hetero) is 3. The smallest absolute Gasteiger partial charge is 0.209 e. The molecule has 39 heavy (non-hydrogen) atoms. The number of benzene rings is 1. The monoisotopic (exact) mass is 536 g/mol. The molecule has 4 unspecified atom stereocenters. The van der Waals surface area contributed by atoms with Gasteiger partial charge in [-0.15, -0.1) is 0 Å². The van der Waals surface area contributed by atoms with Gasteiger partial charge >= 0.3 is 0 Å². The van der Waals surface area contributed by atoms with Gasteiger partial charge in [-0.25, -0.2) is 0 Å². The van der Waals surface area contributed by atoms with Crippen LogP contribution in [0, 0.1) is 36.5 Å². The number of ketones is 3. The van der Waals surface area contributed by atoms with Gasteiger partial charge in [0.15, 0.2) is 17.2 Å². The number of phenols is 1. The molecule has 0 aromatic heterocycles. The molecule has 210 valence electrons. The Kier molecular flexibility index (Phi) is 7.03. The minimum atomic E-state index is -2.50. The molecule has 5 rings (SSSR count). The number of aliphatic hydroxyl groups excluding tert-OH is 2. The lowest BCUT2D eigenvalue weighted by atomic mass is 9.55. The number of carbonyl (C=O) groups is 3. The Morgan fingerprint density at radius 3 is 2.38 bits per heavy atom. The number of aromatic hydroxyl groups is 1. The third kappa shape index (κ3) is 4.16. The molecule has 4 N–H and O–H groups in total. The van der Waals surface area contributed by atoms with E-state index in [9.17, 15) is 34.8 Å². The number of carbonyl (C=O) groups excluding carboxylic acids is 3. The highest BCUT2D eigenvalue weighted by Gasteiger charge is 2.62. The summed E-state index contributed by atoms with van der Waals surface area (Å²) >= 11 is 0. The average Bonchev–Trinajstić information content (AvgIpc) is 2.87. The third-order valence-corrected chi connectivity index (χ3v) is 9.93. The summed E-state index contributed by atoms with van der Waals surface area (Å²) in [4.78, 5) is 39.9. The van der Waals surface area contributed by atoms with Gasteiger partial charge in [-0.1, -0.05) is 52.0 Å². The fourth-order valence-corrected chi connectivity index (χ4v) is 7.95. The molecule has 0 spiro atoms. The van der Waals surface area contributed by atoms with Gasteiger partial charge in [0, 0.05) is 17.4 Å². The Morgan fingerprint density at radius 2 is 1.77 bits per heavy atom. The first kappa shape index (κ1) is 27.6. The third-order valence-electron chi connectivity index (χ3n) is 9.93. The summed E-state index contributed by atoms with van der Waals surface area (Å²) in [5, 5.41) is 45.6. The maximum absolute atomic E-state index is 14.0. The molecule has 0 heterocycles. The van der Waals surface area contributed by atoms with Crippen molar-refractivity contribution < 1.29 is 34.8 Å². The summed E-state index contributed by atoms with van der Waals surface area (Å²) in [5.41, 5.74) is -0.622. The van der Waals surface area contributed by atoms with Crippen molar-refractivity contribution in [2.24, 2.45) is 29.6 Å². The van der Waals surface area contributed by atoms with Crippen LogP contribution in [0.25, 0.3) is 0 Å². The van der Waals surface area contributed by atoms with Crippen LogP contribution in [0.15, 0.2) is 28.7 Å². The molecule has 0 aliphatic heterocycles. The van der Waals surface area contributed by atoms with Crippen LogP contribution < -0.4 is 0 Å². The van der Waals surface area contributed by atoms with Crippen LogP contribution in [0.1, 0.15) is 92.8 Å². The molecule has 1 fully saturated rings. The van der Waals surface area contributed by atoms with Crippen LogP contribution in [0.2, 0.25) is 0 Å². The van der Waals surface area contributed by atoms with Crippen molar-refractivity contribution in [3.8, 4) is 5.75 Å². The molecule has 1 aromatic rings. The van der Waals surface area contributed by atoms with Gasteiger partial charge in [-0.05, 0) is 74.0 Å². The number of hydrogen-bond donors (Lipinski definition) is 4. The van der Waals surface area contributed by atoms with Gasteiger partial charge in [0.2, 0.25) is 5.78 Å². The molecular formula is C32H40O7. The number of phenolic OH excluding ortho intramolecular Hbond substituents is 1. The molecule has 7 heteroatoms. The first-order valence-corrected chi connectivity index (χ1v) is 14.4. The van der Waals surface area contributed by atoms with Crippen LogP contribution >= 0.6 is 0 Å². The predicted octanol–water partition coefficient (Wildman–Crippen LogP) is 5.39. The minimum absolute atomic E-state index is 0.0690. The van der Waals surface area contributed by atoms with Crippen molar-refractivity contribution in [1.29, 1.82) is 0 Å². The highest BCUT2D eigenvalue weighted by molar-refractivity contribution is 6.25. The van der Waals surface area contributed by atoms with Crippen molar-refractivity contribution in [2.45, 2.75) is 91.1 Å². The largest absolute Gasteiger partial charge is 0.511 e. The Balaban J connectivity index is 1.59. The maximum atomic E-state index is 14.0. The van der Waals surface area contributed by atoms with Crippen LogP contribution in [0.3, 0.4) is 0 Å². The van der Waals surface area contributed by atoms with Gasteiger partial charge in [-0.3, -0.25) is 14.4 Å². The predicted molar refractivity (Wildman–Crippen MR) is 146 cm³/mol. The number of fused-ring (bicyclic) bond motifs is 3. The number of hydrogen-bond acceptors (Lipinski definition) is 7. The van der Waals surface area contributed by atoms with E-state index in [4.69, 9.17) is 0 Å². The molecule has 0 saturated heterocycles. The normalized spacial score (nSPS) is 29.4. The fraction of sp³-hybridized carbons (Fsp3) is 0.594. The van der Waals surface area contributed by atoms with E-state index in [0.717, 1.165) is 24.5 Å². The van der Waals surface area contributed by atoms with Crippen molar-refractivity contribution in [1.82, 2.24) is 0 Å². The molecule has 1 saturated carbocycles. The average molecular weight is 537 g/mol. The van der Waals surface area contributed by atoms with E-state index in [1.807, 2.05) is 26.8 Å². The Bertz CT molecular complexity index is 1310. The topological polar surface area (TPSA) is 132 Å². The van der Waals surface area contributed by atoms with Crippen molar-refractivity contribution in [3.05, 3.63) is 51.0 Å². The maximum Gasteiger partial charge on any atom is 0.209 e. The number of rotatable bonds is 5. The minimum Gasteiger partial charge on any atom is -0.511 e. The first-order chi connectivity index (χ1) is 18.4. The summed E-state index contributed by atoms with van der Waals surface area (Å²) < 4.78 is 0. The molecule has 4 aliphatic carbocycles. The highest BCUT2D eigenvalue weighted by atomic mass is 16.3. The SMILES string of the molecule is CC(=O)C1=C(O)C(C(C)C)C2CC3Cc4c(C)cc(CCC5CCCCC5)c(O)c4C(=O)C3=C(O)C2(O)C1=O. The Labute approximate surface area is 229 Å². The van der Waals surface area contributed by atoms with Gasteiger partial charge < -0.3 is 20.4 Å². The number of aryl methyl sites for hydroxylation is 2. The molecule has 1 aromatic carbocycles. The lowest BCUT2D eigenvalue weighted by Gasteiger charge is -2.50. The van der Waals surface area contributed by atoms with Crippen LogP contribution in [-0.2, 0) is 22.4 Å². The second kappa shape index (κ2) is 9.92. The quantitative estimate of drug-likeness (QED) is 0.371. The summed E-state index contributed by atoms with van der Waals surface area (Å²) in [5.74, 6) is -5.32. The summed E-state index contributed by atoms with van der Waals surface area (Å²) in [6, 6.07) is 1.97. The standard InChI is InChI=1S/C32H40O7/c1-15(2)23-22-14-20-13-21-16(3)12-19(11-10-18-8-6-5-7-9-18)27(34)26(21)29(36)25(20)31(38)32(22,39)30(37)24(17(4)33)28(23)35/h12,15,18,20,22-23,34-35,38-39H,5-11,13-14H2,1-4H3. The van der Waals surface area contributed by atoms with E-state index in [1.165, 1.54) is 32.1 Å². The zero-order valence-corrected chi connectivity index (χ0v) is 23.3. The van der Waals surface area contributed by atoms with E-state index in [1.54, 1.807) is 0 Å². The van der Waals surface area contributed by atoms with E-state index < -0.39 is 52.0 Å². The Morgan fingerprint density at radius 1 is 1.10 bits per heavy atom. The van der Waals surface area contributed by atoms with E-state index in [-0.39, 0.29) is 35.0 Å². The molecule has 7 nitrogen and oxygen atoms in total. The lowest BCUT2D eigenvalue weighted by molar-refractivity contribution is -0.149. The molecule has 0 amide bonds. The summed E-state index contributed by atoms with van der Waals surface area (Å²) in [6.45, 7) is 6.71. The summed E-state index contributed by atoms with van der Waals surface area (Å²) in [6.07, 6.45) is 8.22. The molecular weight excluding hydrogens is 496 g/mol. The second-order valence-corrected chi connectivity index (χ2v) is 12.6. The van der Waals surface area contributed by atoms with E-state index in [2.05, 4.69) is 0 Å². The van der Waals surface area contributed by atoms with Crippen LogP contribution in [-0.4, -0.2) is 43.4 Å². The van der Waals surface area contributed by atoms with E-state index >= 15 is 0 Å². The zero-order valence-electron chi connectivity index (χ0n) is 23.3. The van der Waals surface area contributed by atoms with Gasteiger partial charge in [0.05, 0.1) is 5.56 Å². The molecule has 4 aliphatic rings.